The maximum absolute atomic E-state index is 12.0. The van der Waals surface area contributed by atoms with E-state index in [0.29, 0.717) is 31.9 Å². The van der Waals surface area contributed by atoms with E-state index < -0.39 is 5.54 Å². The molecule has 0 aromatic carbocycles. The number of aromatic nitrogens is 4. The van der Waals surface area contributed by atoms with Gasteiger partial charge in [0.15, 0.2) is 5.82 Å². The molecular formula is C9H16N6O2. The van der Waals surface area contributed by atoms with Crippen molar-refractivity contribution in [1.82, 2.24) is 25.9 Å². The van der Waals surface area contributed by atoms with Crippen molar-refractivity contribution >= 4 is 5.91 Å². The van der Waals surface area contributed by atoms with E-state index in [-0.39, 0.29) is 11.9 Å². The van der Waals surface area contributed by atoms with Crippen LogP contribution in [0.25, 0.3) is 0 Å². The SMILES string of the molecule is CC(NC(=O)C1(N)CCOCC1)c1nn[nH]n1. The average molecular weight is 240 g/mol. The molecule has 94 valence electrons. The van der Waals surface area contributed by atoms with Crippen LogP contribution in [0, 0.1) is 0 Å². The Labute approximate surface area is 98.3 Å². The van der Waals surface area contributed by atoms with E-state index >= 15 is 0 Å². The van der Waals surface area contributed by atoms with E-state index in [4.69, 9.17) is 10.5 Å². The lowest BCUT2D eigenvalue weighted by molar-refractivity contribution is -0.130. The Hall–Kier alpha value is -1.54. The number of amides is 1. The first-order chi connectivity index (χ1) is 8.12. The molecule has 1 saturated heterocycles. The van der Waals surface area contributed by atoms with Crippen molar-refractivity contribution in [1.29, 1.82) is 0 Å². The molecule has 0 radical (unpaired) electrons. The highest BCUT2D eigenvalue weighted by molar-refractivity contribution is 5.86. The number of hydrogen-bond acceptors (Lipinski definition) is 6. The predicted molar refractivity (Wildman–Crippen MR) is 57.7 cm³/mol. The topological polar surface area (TPSA) is 119 Å². The molecule has 0 saturated carbocycles. The number of H-pyrrole nitrogens is 1. The number of hydrogen-bond donors (Lipinski definition) is 3. The maximum atomic E-state index is 12.0. The largest absolute Gasteiger partial charge is 0.381 e. The fourth-order valence-corrected chi connectivity index (χ4v) is 1.72. The number of aromatic amines is 1. The zero-order valence-corrected chi connectivity index (χ0v) is 9.64. The van der Waals surface area contributed by atoms with Gasteiger partial charge in [0.25, 0.3) is 0 Å². The molecule has 1 aromatic rings. The normalized spacial score (nSPS) is 20.8. The van der Waals surface area contributed by atoms with Gasteiger partial charge in [0.05, 0.1) is 11.6 Å². The van der Waals surface area contributed by atoms with Crippen molar-refractivity contribution in [3.05, 3.63) is 5.82 Å². The number of tetrazole rings is 1. The Morgan fingerprint density at radius 1 is 1.59 bits per heavy atom. The Balaban J connectivity index is 1.96. The van der Waals surface area contributed by atoms with E-state index in [9.17, 15) is 4.79 Å². The summed E-state index contributed by atoms with van der Waals surface area (Å²) in [5, 5.41) is 16.2. The van der Waals surface area contributed by atoms with Crippen LogP contribution in [-0.2, 0) is 9.53 Å². The second kappa shape index (κ2) is 4.76. The first kappa shape index (κ1) is 11.9. The van der Waals surface area contributed by atoms with E-state index in [0.717, 1.165) is 0 Å². The number of carbonyl (C=O) groups excluding carboxylic acids is 1. The third-order valence-electron chi connectivity index (χ3n) is 2.93. The Morgan fingerprint density at radius 2 is 2.29 bits per heavy atom. The molecule has 1 amide bonds. The Morgan fingerprint density at radius 3 is 2.88 bits per heavy atom. The summed E-state index contributed by atoms with van der Waals surface area (Å²) in [7, 11) is 0. The van der Waals surface area contributed by atoms with Crippen molar-refractivity contribution in [2.45, 2.75) is 31.3 Å². The van der Waals surface area contributed by atoms with Crippen LogP contribution >= 0.6 is 0 Å². The van der Waals surface area contributed by atoms with E-state index in [1.165, 1.54) is 0 Å². The van der Waals surface area contributed by atoms with Crippen LogP contribution in [0.15, 0.2) is 0 Å². The average Bonchev–Trinajstić information content (AvgIpc) is 2.83. The van der Waals surface area contributed by atoms with Gasteiger partial charge in [-0.3, -0.25) is 4.79 Å². The summed E-state index contributed by atoms with van der Waals surface area (Å²) in [6, 6.07) is -0.315. The lowest BCUT2D eigenvalue weighted by atomic mass is 9.90. The minimum Gasteiger partial charge on any atom is -0.381 e. The van der Waals surface area contributed by atoms with Gasteiger partial charge >= 0.3 is 0 Å². The fourth-order valence-electron chi connectivity index (χ4n) is 1.72. The number of nitrogens with two attached hydrogens (primary N) is 1. The molecule has 0 aliphatic carbocycles. The highest BCUT2D eigenvalue weighted by atomic mass is 16.5. The van der Waals surface area contributed by atoms with Crippen LogP contribution < -0.4 is 11.1 Å². The minimum absolute atomic E-state index is 0.196. The van der Waals surface area contributed by atoms with Gasteiger partial charge in [-0.1, -0.05) is 5.21 Å². The number of ether oxygens (including phenoxy) is 1. The Kier molecular flexibility index (Phi) is 3.34. The van der Waals surface area contributed by atoms with Gasteiger partial charge in [-0.15, -0.1) is 10.2 Å². The first-order valence-corrected chi connectivity index (χ1v) is 5.53. The van der Waals surface area contributed by atoms with Crippen molar-refractivity contribution in [2.24, 2.45) is 5.73 Å². The number of carbonyl (C=O) groups is 1. The summed E-state index contributed by atoms with van der Waals surface area (Å²) in [4.78, 5) is 12.0. The van der Waals surface area contributed by atoms with Crippen molar-refractivity contribution in [2.75, 3.05) is 13.2 Å². The van der Waals surface area contributed by atoms with Gasteiger partial charge in [-0.2, -0.15) is 5.21 Å². The maximum Gasteiger partial charge on any atom is 0.240 e. The van der Waals surface area contributed by atoms with E-state index in [1.807, 2.05) is 0 Å². The third kappa shape index (κ3) is 2.59. The molecule has 1 atom stereocenters. The Bertz CT molecular complexity index is 373. The molecule has 0 bridgehead atoms. The van der Waals surface area contributed by atoms with Gasteiger partial charge in [0.1, 0.15) is 0 Å². The highest BCUT2D eigenvalue weighted by Gasteiger charge is 2.36. The lowest BCUT2D eigenvalue weighted by Crippen LogP contribution is -2.57. The van der Waals surface area contributed by atoms with Gasteiger partial charge in [-0.25, -0.2) is 0 Å². The monoisotopic (exact) mass is 240 g/mol. The minimum atomic E-state index is -0.851. The van der Waals surface area contributed by atoms with Gasteiger partial charge in [0.2, 0.25) is 5.91 Å². The molecule has 8 heteroatoms. The molecule has 1 aromatic heterocycles. The molecule has 8 nitrogen and oxygen atoms in total. The van der Waals surface area contributed by atoms with Crippen molar-refractivity contribution in [3.63, 3.8) is 0 Å². The molecule has 0 spiro atoms. The van der Waals surface area contributed by atoms with Crippen LogP contribution in [0.3, 0.4) is 0 Å². The highest BCUT2D eigenvalue weighted by Crippen LogP contribution is 2.19. The van der Waals surface area contributed by atoms with Gasteiger partial charge in [0, 0.05) is 13.2 Å². The van der Waals surface area contributed by atoms with Gasteiger partial charge in [-0.05, 0) is 19.8 Å². The van der Waals surface area contributed by atoms with Gasteiger partial charge < -0.3 is 15.8 Å². The van der Waals surface area contributed by atoms with Crippen LogP contribution in [0.4, 0.5) is 0 Å². The number of nitrogens with zero attached hydrogens (tertiary/aromatic N) is 3. The molecule has 4 N–H and O–H groups in total. The van der Waals surface area contributed by atoms with Crippen LogP contribution in [0.1, 0.15) is 31.6 Å². The van der Waals surface area contributed by atoms with Crippen molar-refractivity contribution < 1.29 is 9.53 Å². The number of nitrogens with one attached hydrogen (secondary N) is 2. The molecule has 2 rings (SSSR count). The quantitative estimate of drug-likeness (QED) is 0.616. The van der Waals surface area contributed by atoms with Crippen LogP contribution in [0.2, 0.25) is 0 Å². The summed E-state index contributed by atoms with van der Waals surface area (Å²) < 4.78 is 5.19. The van der Waals surface area contributed by atoms with E-state index in [1.54, 1.807) is 6.92 Å². The van der Waals surface area contributed by atoms with E-state index in [2.05, 4.69) is 25.9 Å². The zero-order valence-electron chi connectivity index (χ0n) is 9.64. The van der Waals surface area contributed by atoms with Crippen molar-refractivity contribution in [3.8, 4) is 0 Å². The second-order valence-electron chi connectivity index (χ2n) is 4.23. The summed E-state index contributed by atoms with van der Waals surface area (Å²) >= 11 is 0. The molecular weight excluding hydrogens is 224 g/mol. The predicted octanol–water partition coefficient (Wildman–Crippen LogP) is -1.12. The first-order valence-electron chi connectivity index (χ1n) is 5.53. The molecule has 1 unspecified atom stereocenters. The number of rotatable bonds is 3. The molecule has 1 aliphatic heterocycles. The molecule has 1 aliphatic rings. The smallest absolute Gasteiger partial charge is 0.240 e. The standard InChI is InChI=1S/C9H16N6O2/c1-6(7-12-14-15-13-7)11-8(16)9(10)2-4-17-5-3-9/h6H,2-5,10H2,1H3,(H,11,16)(H,12,13,14,15). The second-order valence-corrected chi connectivity index (χ2v) is 4.23. The van der Waals surface area contributed by atoms with Crippen LogP contribution in [0.5, 0.6) is 0 Å². The molecule has 2 heterocycles. The fraction of sp³-hybridized carbons (Fsp3) is 0.778. The lowest BCUT2D eigenvalue weighted by Gasteiger charge is -2.32. The summed E-state index contributed by atoms with van der Waals surface area (Å²) in [5.74, 6) is 0.243. The summed E-state index contributed by atoms with van der Waals surface area (Å²) in [5.41, 5.74) is 5.20. The molecule has 17 heavy (non-hydrogen) atoms. The third-order valence-corrected chi connectivity index (χ3v) is 2.93. The summed E-state index contributed by atoms with van der Waals surface area (Å²) in [6.45, 7) is 2.81. The van der Waals surface area contributed by atoms with Crippen LogP contribution in [-0.4, -0.2) is 45.3 Å². The molecule has 1 fully saturated rings. The summed E-state index contributed by atoms with van der Waals surface area (Å²) in [6.07, 6.45) is 1.05. The zero-order chi connectivity index (χ0) is 12.3.